The van der Waals surface area contributed by atoms with Crippen molar-refractivity contribution >= 4 is 40.7 Å². The van der Waals surface area contributed by atoms with Gasteiger partial charge in [-0.15, -0.1) is 0 Å². The van der Waals surface area contributed by atoms with E-state index >= 15 is 0 Å². The van der Waals surface area contributed by atoms with Crippen LogP contribution in [-0.2, 0) is 0 Å². The lowest BCUT2D eigenvalue weighted by Gasteiger charge is -2.09. The lowest BCUT2D eigenvalue weighted by atomic mass is 10.2. The number of aromatic carboxylic acids is 1. The zero-order chi connectivity index (χ0) is 14.7. The summed E-state index contributed by atoms with van der Waals surface area (Å²) < 4.78 is 0. The first-order chi connectivity index (χ1) is 9.51. The maximum atomic E-state index is 10.9. The maximum Gasteiger partial charge on any atom is 0.356 e. The number of nitrogens with one attached hydrogen (secondary N) is 1. The Bertz CT molecular complexity index is 726. The van der Waals surface area contributed by atoms with Gasteiger partial charge in [-0.2, -0.15) is 5.26 Å². The zero-order valence-corrected chi connectivity index (χ0v) is 11.4. The number of anilines is 2. The number of rotatable bonds is 3. The van der Waals surface area contributed by atoms with Gasteiger partial charge >= 0.3 is 5.97 Å². The highest BCUT2D eigenvalue weighted by atomic mass is 35.5. The molecule has 0 aliphatic carbocycles. The third kappa shape index (κ3) is 2.99. The van der Waals surface area contributed by atoms with Gasteiger partial charge in [-0.25, -0.2) is 9.78 Å². The fourth-order valence-electron chi connectivity index (χ4n) is 1.49. The normalized spacial score (nSPS) is 9.85. The molecule has 0 saturated carbocycles. The fraction of sp³-hybridized carbons (Fsp3) is 0. The van der Waals surface area contributed by atoms with Crippen LogP contribution in [0.2, 0.25) is 10.0 Å². The highest BCUT2D eigenvalue weighted by Gasteiger charge is 2.12. The minimum Gasteiger partial charge on any atom is -0.476 e. The Morgan fingerprint density at radius 2 is 2.00 bits per heavy atom. The van der Waals surface area contributed by atoms with E-state index < -0.39 is 5.97 Å². The second kappa shape index (κ2) is 5.78. The highest BCUT2D eigenvalue weighted by Crippen LogP contribution is 2.26. The van der Waals surface area contributed by atoms with Crippen LogP contribution in [0.3, 0.4) is 0 Å². The van der Waals surface area contributed by atoms with E-state index in [0.29, 0.717) is 22.1 Å². The van der Waals surface area contributed by atoms with E-state index in [-0.39, 0.29) is 10.7 Å². The first kappa shape index (κ1) is 14.1. The summed E-state index contributed by atoms with van der Waals surface area (Å²) in [5, 5.41) is 20.9. The van der Waals surface area contributed by atoms with Crippen molar-refractivity contribution in [2.24, 2.45) is 0 Å². The van der Waals surface area contributed by atoms with Crippen molar-refractivity contribution in [2.45, 2.75) is 0 Å². The maximum absolute atomic E-state index is 10.9. The predicted octanol–water partition coefficient (Wildman–Crippen LogP) is 3.70. The Morgan fingerprint density at radius 1 is 1.25 bits per heavy atom. The van der Waals surface area contributed by atoms with Gasteiger partial charge in [-0.3, -0.25) is 0 Å². The quantitative estimate of drug-likeness (QED) is 0.903. The molecule has 0 saturated heterocycles. The standard InChI is InChI=1S/C13H7Cl2N3O2/c14-8-2-4-11(18-12(8)13(19)20)17-10-3-1-7(6-16)5-9(10)15/h1-5H,(H,17,18)(H,19,20). The molecular weight excluding hydrogens is 301 g/mol. The number of benzene rings is 1. The molecule has 7 heteroatoms. The lowest BCUT2D eigenvalue weighted by molar-refractivity contribution is 0.0691. The molecular formula is C13H7Cl2N3O2. The van der Waals surface area contributed by atoms with Crippen molar-refractivity contribution in [2.75, 3.05) is 5.32 Å². The smallest absolute Gasteiger partial charge is 0.356 e. The highest BCUT2D eigenvalue weighted by molar-refractivity contribution is 6.34. The molecule has 100 valence electrons. The molecule has 0 radical (unpaired) electrons. The molecule has 0 fully saturated rings. The van der Waals surface area contributed by atoms with Crippen LogP contribution < -0.4 is 5.32 Å². The van der Waals surface area contributed by atoms with Crippen molar-refractivity contribution in [3.05, 3.63) is 51.6 Å². The van der Waals surface area contributed by atoms with Crippen molar-refractivity contribution < 1.29 is 9.90 Å². The molecule has 5 nitrogen and oxygen atoms in total. The predicted molar refractivity (Wildman–Crippen MR) is 75.7 cm³/mol. The molecule has 2 rings (SSSR count). The molecule has 20 heavy (non-hydrogen) atoms. The van der Waals surface area contributed by atoms with Gasteiger partial charge in [0.15, 0.2) is 5.69 Å². The van der Waals surface area contributed by atoms with E-state index in [1.165, 1.54) is 18.2 Å². The Morgan fingerprint density at radius 3 is 2.60 bits per heavy atom. The Balaban J connectivity index is 2.33. The molecule has 0 bridgehead atoms. The fourth-order valence-corrected chi connectivity index (χ4v) is 1.90. The molecule has 0 aliphatic heterocycles. The average Bonchev–Trinajstić information content (AvgIpc) is 2.42. The van der Waals surface area contributed by atoms with Gasteiger partial charge < -0.3 is 10.4 Å². The summed E-state index contributed by atoms with van der Waals surface area (Å²) in [5.74, 6) is -0.928. The molecule has 1 aromatic carbocycles. The Hall–Kier alpha value is -2.29. The number of carboxylic acids is 1. The summed E-state index contributed by atoms with van der Waals surface area (Å²) in [4.78, 5) is 14.8. The first-order valence-corrected chi connectivity index (χ1v) is 6.13. The molecule has 0 atom stereocenters. The number of carbonyl (C=O) groups is 1. The topological polar surface area (TPSA) is 86.0 Å². The number of hydrogen-bond donors (Lipinski definition) is 2. The van der Waals surface area contributed by atoms with E-state index in [1.807, 2.05) is 6.07 Å². The SMILES string of the molecule is N#Cc1ccc(Nc2ccc(Cl)c(C(=O)O)n2)c(Cl)c1. The van der Waals surface area contributed by atoms with Crippen LogP contribution in [-0.4, -0.2) is 16.1 Å². The van der Waals surface area contributed by atoms with Crippen molar-refractivity contribution in [3.63, 3.8) is 0 Å². The van der Waals surface area contributed by atoms with Gasteiger partial charge in [-0.05, 0) is 30.3 Å². The largest absolute Gasteiger partial charge is 0.476 e. The molecule has 1 aromatic heterocycles. The van der Waals surface area contributed by atoms with Crippen LogP contribution in [0, 0.1) is 11.3 Å². The minimum absolute atomic E-state index is 0.0500. The zero-order valence-electron chi connectivity index (χ0n) is 9.89. The van der Waals surface area contributed by atoms with Crippen molar-refractivity contribution in [1.82, 2.24) is 4.98 Å². The van der Waals surface area contributed by atoms with Gasteiger partial charge in [0.05, 0.1) is 27.4 Å². The van der Waals surface area contributed by atoms with Crippen LogP contribution in [0.15, 0.2) is 30.3 Å². The van der Waals surface area contributed by atoms with Gasteiger partial charge in [0.2, 0.25) is 0 Å². The number of carboxylic acid groups (broad SMARTS) is 1. The number of halogens is 2. The third-order valence-electron chi connectivity index (χ3n) is 2.41. The van der Waals surface area contributed by atoms with Crippen molar-refractivity contribution in [3.8, 4) is 6.07 Å². The second-order valence-corrected chi connectivity index (χ2v) is 4.58. The average molecular weight is 308 g/mol. The molecule has 0 aliphatic rings. The van der Waals surface area contributed by atoms with E-state index in [1.54, 1.807) is 12.1 Å². The van der Waals surface area contributed by atoms with E-state index in [4.69, 9.17) is 33.6 Å². The number of nitrogens with zero attached hydrogens (tertiary/aromatic N) is 2. The minimum atomic E-state index is -1.22. The second-order valence-electron chi connectivity index (χ2n) is 3.76. The molecule has 0 spiro atoms. The molecule has 1 heterocycles. The summed E-state index contributed by atoms with van der Waals surface area (Å²) in [6.45, 7) is 0. The molecule has 0 amide bonds. The lowest BCUT2D eigenvalue weighted by Crippen LogP contribution is -2.04. The van der Waals surface area contributed by atoms with Crippen LogP contribution in [0.25, 0.3) is 0 Å². The number of pyridine rings is 1. The van der Waals surface area contributed by atoms with Crippen LogP contribution in [0.5, 0.6) is 0 Å². The Kier molecular flexibility index (Phi) is 4.08. The van der Waals surface area contributed by atoms with Crippen LogP contribution in [0.4, 0.5) is 11.5 Å². The monoisotopic (exact) mass is 307 g/mol. The summed E-state index contributed by atoms with van der Waals surface area (Å²) >= 11 is 11.7. The summed E-state index contributed by atoms with van der Waals surface area (Å²) in [7, 11) is 0. The number of aromatic nitrogens is 1. The summed E-state index contributed by atoms with van der Waals surface area (Å²) in [6, 6.07) is 9.62. The van der Waals surface area contributed by atoms with Gasteiger partial charge in [-0.1, -0.05) is 23.2 Å². The van der Waals surface area contributed by atoms with Crippen LogP contribution in [0.1, 0.15) is 16.1 Å². The molecule has 2 aromatic rings. The van der Waals surface area contributed by atoms with Gasteiger partial charge in [0, 0.05) is 0 Å². The summed E-state index contributed by atoms with van der Waals surface area (Å²) in [5.41, 5.74) is 0.689. The number of nitriles is 1. The van der Waals surface area contributed by atoms with E-state index in [0.717, 1.165) is 0 Å². The van der Waals surface area contributed by atoms with E-state index in [9.17, 15) is 4.79 Å². The molecule has 2 N–H and O–H groups in total. The van der Waals surface area contributed by atoms with Crippen molar-refractivity contribution in [1.29, 1.82) is 5.26 Å². The summed E-state index contributed by atoms with van der Waals surface area (Å²) in [6.07, 6.45) is 0. The first-order valence-electron chi connectivity index (χ1n) is 5.38. The Labute approximate surface area is 124 Å². The van der Waals surface area contributed by atoms with Gasteiger partial charge in [0.25, 0.3) is 0 Å². The number of hydrogen-bond acceptors (Lipinski definition) is 4. The third-order valence-corrected chi connectivity index (χ3v) is 3.03. The molecule has 0 unspecified atom stereocenters. The van der Waals surface area contributed by atoms with E-state index in [2.05, 4.69) is 10.3 Å². The van der Waals surface area contributed by atoms with Gasteiger partial charge in [0.1, 0.15) is 5.82 Å². The van der Waals surface area contributed by atoms with Crippen LogP contribution >= 0.6 is 23.2 Å².